The second-order valence-corrected chi connectivity index (χ2v) is 5.53. The first-order valence-electron chi connectivity index (χ1n) is 7.29. The molecule has 1 aromatic rings. The molecule has 1 N–H and O–H groups in total. The number of pyridine rings is 1. The number of halogens is 3. The highest BCUT2D eigenvalue weighted by molar-refractivity contribution is 5.30. The SMILES string of the molecule is CCCNC(c1cnccc1C(F)(F)F)C1COC(C)C1. The van der Waals surface area contributed by atoms with Crippen molar-refractivity contribution in [2.24, 2.45) is 5.92 Å². The molecule has 2 rings (SSSR count). The van der Waals surface area contributed by atoms with E-state index in [2.05, 4.69) is 10.3 Å². The van der Waals surface area contributed by atoms with Crippen molar-refractivity contribution < 1.29 is 17.9 Å². The number of ether oxygens (including phenoxy) is 1. The average Bonchev–Trinajstić information content (AvgIpc) is 2.85. The maximum absolute atomic E-state index is 13.2. The summed E-state index contributed by atoms with van der Waals surface area (Å²) in [6.45, 7) is 5.09. The van der Waals surface area contributed by atoms with Gasteiger partial charge >= 0.3 is 6.18 Å². The van der Waals surface area contributed by atoms with Crippen LogP contribution in [0.25, 0.3) is 0 Å². The first-order valence-corrected chi connectivity index (χ1v) is 7.29. The van der Waals surface area contributed by atoms with Gasteiger partial charge in [0.05, 0.1) is 18.3 Å². The molecular weight excluding hydrogens is 281 g/mol. The monoisotopic (exact) mass is 302 g/mol. The molecule has 1 aromatic heterocycles. The van der Waals surface area contributed by atoms with Gasteiger partial charge in [-0.3, -0.25) is 4.98 Å². The van der Waals surface area contributed by atoms with Crippen LogP contribution in [0.15, 0.2) is 18.5 Å². The molecule has 0 spiro atoms. The first kappa shape index (κ1) is 16.2. The maximum Gasteiger partial charge on any atom is 0.416 e. The van der Waals surface area contributed by atoms with Gasteiger partial charge in [-0.25, -0.2) is 0 Å². The Morgan fingerprint density at radius 1 is 1.48 bits per heavy atom. The van der Waals surface area contributed by atoms with Crippen molar-refractivity contribution in [3.8, 4) is 0 Å². The molecule has 0 radical (unpaired) electrons. The van der Waals surface area contributed by atoms with Gasteiger partial charge in [-0.1, -0.05) is 6.92 Å². The van der Waals surface area contributed by atoms with E-state index in [-0.39, 0.29) is 23.6 Å². The number of nitrogens with one attached hydrogen (secondary N) is 1. The van der Waals surface area contributed by atoms with Crippen LogP contribution in [-0.2, 0) is 10.9 Å². The third kappa shape index (κ3) is 3.95. The van der Waals surface area contributed by atoms with Gasteiger partial charge in [0.1, 0.15) is 0 Å². The molecule has 1 aliphatic heterocycles. The van der Waals surface area contributed by atoms with Crippen molar-refractivity contribution in [1.82, 2.24) is 10.3 Å². The normalized spacial score (nSPS) is 24.2. The fourth-order valence-electron chi connectivity index (χ4n) is 2.83. The summed E-state index contributed by atoms with van der Waals surface area (Å²) >= 11 is 0. The Morgan fingerprint density at radius 3 is 2.81 bits per heavy atom. The second kappa shape index (κ2) is 6.75. The fourth-order valence-corrected chi connectivity index (χ4v) is 2.83. The summed E-state index contributed by atoms with van der Waals surface area (Å²) in [7, 11) is 0. The summed E-state index contributed by atoms with van der Waals surface area (Å²) in [5.41, 5.74) is -0.383. The van der Waals surface area contributed by atoms with Gasteiger partial charge in [0, 0.05) is 24.4 Å². The molecule has 0 saturated carbocycles. The summed E-state index contributed by atoms with van der Waals surface area (Å²) in [4.78, 5) is 3.90. The maximum atomic E-state index is 13.2. The molecule has 2 heterocycles. The number of rotatable bonds is 5. The van der Waals surface area contributed by atoms with Crippen molar-refractivity contribution in [2.75, 3.05) is 13.2 Å². The third-order valence-electron chi connectivity index (χ3n) is 3.81. The zero-order valence-corrected chi connectivity index (χ0v) is 12.3. The second-order valence-electron chi connectivity index (χ2n) is 5.53. The Balaban J connectivity index is 2.32. The number of aromatic nitrogens is 1. The Bertz CT molecular complexity index is 464. The molecule has 3 atom stereocenters. The molecule has 3 unspecified atom stereocenters. The van der Waals surface area contributed by atoms with Crippen molar-refractivity contribution in [2.45, 2.75) is 45.0 Å². The molecule has 0 aromatic carbocycles. The molecule has 6 heteroatoms. The van der Waals surface area contributed by atoms with Gasteiger partial charge < -0.3 is 10.1 Å². The molecule has 1 saturated heterocycles. The van der Waals surface area contributed by atoms with Crippen molar-refractivity contribution >= 4 is 0 Å². The van der Waals surface area contributed by atoms with Gasteiger partial charge in [0.25, 0.3) is 0 Å². The lowest BCUT2D eigenvalue weighted by atomic mass is 9.89. The van der Waals surface area contributed by atoms with E-state index in [0.29, 0.717) is 13.2 Å². The highest BCUT2D eigenvalue weighted by Gasteiger charge is 2.38. The van der Waals surface area contributed by atoms with Crippen molar-refractivity contribution in [3.05, 3.63) is 29.6 Å². The number of alkyl halides is 3. The quantitative estimate of drug-likeness (QED) is 0.903. The van der Waals surface area contributed by atoms with E-state index in [0.717, 1.165) is 18.9 Å². The van der Waals surface area contributed by atoms with Crippen LogP contribution in [0, 0.1) is 5.92 Å². The fraction of sp³-hybridized carbons (Fsp3) is 0.667. The molecule has 0 bridgehead atoms. The molecule has 3 nitrogen and oxygen atoms in total. The Kier molecular flexibility index (Phi) is 5.22. The topological polar surface area (TPSA) is 34.2 Å². The van der Waals surface area contributed by atoms with E-state index in [9.17, 15) is 13.2 Å². The van der Waals surface area contributed by atoms with E-state index in [1.165, 1.54) is 12.4 Å². The summed E-state index contributed by atoms with van der Waals surface area (Å²) in [5, 5.41) is 3.24. The predicted molar refractivity (Wildman–Crippen MR) is 73.8 cm³/mol. The van der Waals surface area contributed by atoms with E-state index in [1.807, 2.05) is 13.8 Å². The minimum Gasteiger partial charge on any atom is -0.378 e. The number of hydrogen-bond donors (Lipinski definition) is 1. The highest BCUT2D eigenvalue weighted by atomic mass is 19.4. The van der Waals surface area contributed by atoms with E-state index < -0.39 is 11.7 Å². The standard InChI is InChI=1S/C15H21F3N2O/c1-3-5-20-14(11-7-10(2)21-9-11)12-8-19-6-4-13(12)15(16,17)18/h4,6,8,10-11,14,20H,3,5,7,9H2,1-2H3. The van der Waals surface area contributed by atoms with Crippen LogP contribution in [0.3, 0.4) is 0 Å². The van der Waals surface area contributed by atoms with Gasteiger partial charge in [0.15, 0.2) is 0 Å². The minimum atomic E-state index is -4.37. The summed E-state index contributed by atoms with van der Waals surface area (Å²) in [5.74, 6) is 0.0387. The Labute approximate surface area is 122 Å². The van der Waals surface area contributed by atoms with Gasteiger partial charge in [-0.05, 0) is 37.9 Å². The van der Waals surface area contributed by atoms with Crippen molar-refractivity contribution in [3.63, 3.8) is 0 Å². The molecule has 118 valence electrons. The molecule has 1 fully saturated rings. The molecule has 0 aliphatic carbocycles. The van der Waals surface area contributed by atoms with Crippen molar-refractivity contribution in [1.29, 1.82) is 0 Å². The smallest absolute Gasteiger partial charge is 0.378 e. The van der Waals surface area contributed by atoms with Gasteiger partial charge in [-0.2, -0.15) is 13.2 Å². The molecule has 0 amide bonds. The average molecular weight is 302 g/mol. The van der Waals surface area contributed by atoms with Crippen LogP contribution in [0.5, 0.6) is 0 Å². The lowest BCUT2D eigenvalue weighted by Gasteiger charge is -2.26. The van der Waals surface area contributed by atoms with Crippen LogP contribution in [0.1, 0.15) is 43.9 Å². The zero-order valence-electron chi connectivity index (χ0n) is 12.3. The predicted octanol–water partition coefficient (Wildman–Crippen LogP) is 3.57. The third-order valence-corrected chi connectivity index (χ3v) is 3.81. The minimum absolute atomic E-state index is 0.0387. The number of hydrogen-bond acceptors (Lipinski definition) is 3. The first-order chi connectivity index (χ1) is 9.93. The van der Waals surface area contributed by atoms with E-state index >= 15 is 0 Å². The van der Waals surface area contributed by atoms with Crippen LogP contribution in [0.2, 0.25) is 0 Å². The molecule has 21 heavy (non-hydrogen) atoms. The summed E-state index contributed by atoms with van der Waals surface area (Å²) < 4.78 is 45.2. The van der Waals surface area contributed by atoms with Crippen LogP contribution >= 0.6 is 0 Å². The largest absolute Gasteiger partial charge is 0.416 e. The van der Waals surface area contributed by atoms with E-state index in [4.69, 9.17) is 4.74 Å². The lowest BCUT2D eigenvalue weighted by Crippen LogP contribution is -2.31. The highest BCUT2D eigenvalue weighted by Crippen LogP contribution is 2.38. The lowest BCUT2D eigenvalue weighted by molar-refractivity contribution is -0.138. The summed E-state index contributed by atoms with van der Waals surface area (Å²) in [6.07, 6.45) is -0.132. The Morgan fingerprint density at radius 2 is 2.24 bits per heavy atom. The molecular formula is C15H21F3N2O. The van der Waals surface area contributed by atoms with Crippen LogP contribution in [0.4, 0.5) is 13.2 Å². The van der Waals surface area contributed by atoms with Crippen LogP contribution in [-0.4, -0.2) is 24.2 Å². The zero-order chi connectivity index (χ0) is 15.5. The summed E-state index contributed by atoms with van der Waals surface area (Å²) in [6, 6.07) is 0.676. The van der Waals surface area contributed by atoms with E-state index in [1.54, 1.807) is 0 Å². The van der Waals surface area contributed by atoms with Gasteiger partial charge in [0.2, 0.25) is 0 Å². The Hall–Kier alpha value is -1.14. The molecule has 1 aliphatic rings. The van der Waals surface area contributed by atoms with Gasteiger partial charge in [-0.15, -0.1) is 0 Å². The number of nitrogens with zero attached hydrogens (tertiary/aromatic N) is 1. The van der Waals surface area contributed by atoms with Crippen LogP contribution < -0.4 is 5.32 Å².